The molecule has 1 heterocycles. The predicted octanol–water partition coefficient (Wildman–Crippen LogP) is 2.54. The first-order valence-electron chi connectivity index (χ1n) is 8.92. The van der Waals surface area contributed by atoms with Crippen molar-refractivity contribution in [1.29, 1.82) is 0 Å². The lowest BCUT2D eigenvalue weighted by atomic mass is 10.1. The van der Waals surface area contributed by atoms with Gasteiger partial charge in [-0.15, -0.1) is 0 Å². The van der Waals surface area contributed by atoms with Crippen molar-refractivity contribution >= 4 is 15.9 Å². The van der Waals surface area contributed by atoms with E-state index in [0.29, 0.717) is 37.4 Å². The van der Waals surface area contributed by atoms with Crippen molar-refractivity contribution in [2.75, 3.05) is 33.3 Å². The molecule has 0 N–H and O–H groups in total. The molecule has 0 radical (unpaired) electrons. The van der Waals surface area contributed by atoms with Crippen LogP contribution in [0.4, 0.5) is 0 Å². The second-order valence-corrected chi connectivity index (χ2v) is 8.50. The zero-order chi connectivity index (χ0) is 19.4. The number of sulfonamides is 1. The number of rotatable bonds is 4. The third kappa shape index (κ3) is 4.14. The number of hydrogen-bond acceptors (Lipinski definition) is 4. The Kier molecular flexibility index (Phi) is 5.82. The van der Waals surface area contributed by atoms with Gasteiger partial charge in [-0.05, 0) is 37.6 Å². The number of benzene rings is 2. The van der Waals surface area contributed by atoms with Crippen LogP contribution in [0.15, 0.2) is 53.4 Å². The predicted molar refractivity (Wildman–Crippen MR) is 103 cm³/mol. The first kappa shape index (κ1) is 19.4. The summed E-state index contributed by atoms with van der Waals surface area (Å²) in [4.78, 5) is 14.9. The molecular formula is C20H24N2O4S. The third-order valence-corrected chi connectivity index (χ3v) is 6.65. The van der Waals surface area contributed by atoms with E-state index in [4.69, 9.17) is 4.74 Å². The highest BCUT2D eigenvalue weighted by Crippen LogP contribution is 2.22. The summed E-state index contributed by atoms with van der Waals surface area (Å²) in [7, 11) is -2.03. The maximum absolute atomic E-state index is 12.9. The molecule has 0 aromatic heterocycles. The Hall–Kier alpha value is -2.38. The van der Waals surface area contributed by atoms with Crippen LogP contribution in [0.3, 0.4) is 0 Å². The Morgan fingerprint density at radius 2 is 1.67 bits per heavy atom. The standard InChI is InChI=1S/C20H24N2O4S/c1-16-8-10-17(11-9-16)27(24,25)22-13-5-12-21(14-15-22)20(23)18-6-3-4-7-19(18)26-2/h3-4,6-11H,5,12-15H2,1-2H3. The van der Waals surface area contributed by atoms with E-state index >= 15 is 0 Å². The Labute approximate surface area is 160 Å². The summed E-state index contributed by atoms with van der Waals surface area (Å²) >= 11 is 0. The van der Waals surface area contributed by atoms with Crippen molar-refractivity contribution in [2.24, 2.45) is 0 Å². The van der Waals surface area contributed by atoms with Gasteiger partial charge in [-0.2, -0.15) is 4.31 Å². The van der Waals surface area contributed by atoms with E-state index in [1.165, 1.54) is 11.4 Å². The molecule has 144 valence electrons. The zero-order valence-electron chi connectivity index (χ0n) is 15.6. The average molecular weight is 388 g/mol. The van der Waals surface area contributed by atoms with Gasteiger partial charge in [-0.1, -0.05) is 29.8 Å². The molecule has 0 atom stereocenters. The van der Waals surface area contributed by atoms with Crippen LogP contribution in [0, 0.1) is 6.92 Å². The Balaban J connectivity index is 1.75. The molecule has 6 nitrogen and oxygen atoms in total. The van der Waals surface area contributed by atoms with E-state index in [-0.39, 0.29) is 17.3 Å². The minimum Gasteiger partial charge on any atom is -0.496 e. The highest BCUT2D eigenvalue weighted by atomic mass is 32.2. The molecule has 0 spiro atoms. The number of amides is 1. The van der Waals surface area contributed by atoms with Gasteiger partial charge in [0.15, 0.2) is 0 Å². The molecule has 3 rings (SSSR count). The molecule has 1 fully saturated rings. The third-order valence-electron chi connectivity index (χ3n) is 4.74. The highest BCUT2D eigenvalue weighted by molar-refractivity contribution is 7.89. The molecular weight excluding hydrogens is 364 g/mol. The number of nitrogens with zero attached hydrogens (tertiary/aromatic N) is 2. The molecule has 0 aliphatic carbocycles. The summed E-state index contributed by atoms with van der Waals surface area (Å²) in [6.45, 7) is 3.45. The average Bonchev–Trinajstić information content (AvgIpc) is 2.94. The van der Waals surface area contributed by atoms with Gasteiger partial charge in [0.05, 0.1) is 17.6 Å². The van der Waals surface area contributed by atoms with E-state index in [0.717, 1.165) is 5.56 Å². The van der Waals surface area contributed by atoms with E-state index in [9.17, 15) is 13.2 Å². The van der Waals surface area contributed by atoms with Crippen LogP contribution < -0.4 is 4.74 Å². The quantitative estimate of drug-likeness (QED) is 0.807. The van der Waals surface area contributed by atoms with Crippen molar-refractivity contribution in [1.82, 2.24) is 9.21 Å². The fraction of sp³-hybridized carbons (Fsp3) is 0.350. The number of carbonyl (C=O) groups excluding carboxylic acids is 1. The Morgan fingerprint density at radius 1 is 0.963 bits per heavy atom. The van der Waals surface area contributed by atoms with Gasteiger partial charge in [0, 0.05) is 26.2 Å². The molecule has 7 heteroatoms. The number of para-hydroxylation sites is 1. The SMILES string of the molecule is COc1ccccc1C(=O)N1CCCN(S(=O)(=O)c2ccc(C)cc2)CC1. The highest BCUT2D eigenvalue weighted by Gasteiger charge is 2.29. The van der Waals surface area contributed by atoms with Gasteiger partial charge >= 0.3 is 0 Å². The number of aryl methyl sites for hydroxylation is 1. The topological polar surface area (TPSA) is 66.9 Å². The van der Waals surface area contributed by atoms with Crippen molar-refractivity contribution in [3.8, 4) is 5.75 Å². The molecule has 2 aromatic carbocycles. The first-order valence-corrected chi connectivity index (χ1v) is 10.4. The molecule has 1 aliphatic heterocycles. The largest absolute Gasteiger partial charge is 0.496 e. The number of methoxy groups -OCH3 is 1. The summed E-state index contributed by atoms with van der Waals surface area (Å²) in [5.41, 5.74) is 1.51. The van der Waals surface area contributed by atoms with Gasteiger partial charge < -0.3 is 9.64 Å². The van der Waals surface area contributed by atoms with Crippen LogP contribution >= 0.6 is 0 Å². The van der Waals surface area contributed by atoms with Crippen molar-refractivity contribution < 1.29 is 17.9 Å². The molecule has 1 amide bonds. The second kappa shape index (κ2) is 8.10. The van der Waals surface area contributed by atoms with Gasteiger partial charge in [-0.25, -0.2) is 8.42 Å². The maximum Gasteiger partial charge on any atom is 0.257 e. The smallest absolute Gasteiger partial charge is 0.257 e. The van der Waals surface area contributed by atoms with Crippen LogP contribution in [-0.2, 0) is 10.0 Å². The second-order valence-electron chi connectivity index (χ2n) is 6.56. The van der Waals surface area contributed by atoms with Crippen LogP contribution in [0.5, 0.6) is 5.75 Å². The Bertz CT molecular complexity index is 910. The molecule has 0 bridgehead atoms. The molecule has 0 saturated carbocycles. The van der Waals surface area contributed by atoms with Crippen molar-refractivity contribution in [3.63, 3.8) is 0 Å². The van der Waals surface area contributed by atoms with E-state index in [1.54, 1.807) is 47.4 Å². The van der Waals surface area contributed by atoms with Gasteiger partial charge in [-0.3, -0.25) is 4.79 Å². The fourth-order valence-electron chi connectivity index (χ4n) is 3.19. The lowest BCUT2D eigenvalue weighted by molar-refractivity contribution is 0.0761. The lowest BCUT2D eigenvalue weighted by Crippen LogP contribution is -2.37. The van der Waals surface area contributed by atoms with Crippen molar-refractivity contribution in [3.05, 3.63) is 59.7 Å². The van der Waals surface area contributed by atoms with E-state index in [1.807, 2.05) is 13.0 Å². The van der Waals surface area contributed by atoms with Crippen LogP contribution in [-0.4, -0.2) is 56.8 Å². The van der Waals surface area contributed by atoms with Gasteiger partial charge in [0.25, 0.3) is 5.91 Å². The van der Waals surface area contributed by atoms with Crippen LogP contribution in [0.1, 0.15) is 22.3 Å². The Morgan fingerprint density at radius 3 is 2.37 bits per heavy atom. The van der Waals surface area contributed by atoms with Crippen LogP contribution in [0.25, 0.3) is 0 Å². The molecule has 2 aromatic rings. The summed E-state index contributed by atoms with van der Waals surface area (Å²) in [5.74, 6) is 0.387. The number of hydrogen-bond donors (Lipinski definition) is 0. The summed E-state index contributed by atoms with van der Waals surface area (Å²) in [5, 5.41) is 0. The summed E-state index contributed by atoms with van der Waals surface area (Å²) in [6.07, 6.45) is 0.589. The normalized spacial score (nSPS) is 16.0. The number of carbonyl (C=O) groups is 1. The first-order chi connectivity index (χ1) is 12.9. The molecule has 1 saturated heterocycles. The van der Waals surface area contributed by atoms with Crippen molar-refractivity contribution in [2.45, 2.75) is 18.2 Å². The van der Waals surface area contributed by atoms with Crippen LogP contribution in [0.2, 0.25) is 0 Å². The minimum absolute atomic E-state index is 0.137. The zero-order valence-corrected chi connectivity index (χ0v) is 16.4. The van der Waals surface area contributed by atoms with Gasteiger partial charge in [0.1, 0.15) is 5.75 Å². The fourth-order valence-corrected chi connectivity index (χ4v) is 4.66. The summed E-state index contributed by atoms with van der Waals surface area (Å²) in [6, 6.07) is 13.9. The molecule has 1 aliphatic rings. The minimum atomic E-state index is -3.56. The maximum atomic E-state index is 12.9. The lowest BCUT2D eigenvalue weighted by Gasteiger charge is -2.22. The molecule has 27 heavy (non-hydrogen) atoms. The monoisotopic (exact) mass is 388 g/mol. The van der Waals surface area contributed by atoms with E-state index in [2.05, 4.69) is 0 Å². The van der Waals surface area contributed by atoms with Gasteiger partial charge in [0.2, 0.25) is 10.0 Å². The number of ether oxygens (including phenoxy) is 1. The molecule has 0 unspecified atom stereocenters. The van der Waals surface area contributed by atoms with E-state index < -0.39 is 10.0 Å². The summed E-state index contributed by atoms with van der Waals surface area (Å²) < 4.78 is 32.5.